The number of carbonyl (C=O) groups excluding carboxylic acids is 2. The highest BCUT2D eigenvalue weighted by Gasteiger charge is 2.29. The minimum atomic E-state index is -3.76. The van der Waals surface area contributed by atoms with E-state index in [4.69, 9.17) is 9.47 Å². The number of esters is 1. The molecule has 0 fully saturated rings. The lowest BCUT2D eigenvalue weighted by atomic mass is 10.1. The first kappa shape index (κ1) is 23.2. The second kappa shape index (κ2) is 9.62. The fourth-order valence-electron chi connectivity index (χ4n) is 2.90. The van der Waals surface area contributed by atoms with Gasteiger partial charge in [-0.1, -0.05) is 6.07 Å². The van der Waals surface area contributed by atoms with Crippen LogP contribution in [0.5, 0.6) is 5.75 Å². The van der Waals surface area contributed by atoms with Gasteiger partial charge in [-0.15, -0.1) is 0 Å². The van der Waals surface area contributed by atoms with Gasteiger partial charge in [0.1, 0.15) is 11.8 Å². The maximum absolute atomic E-state index is 12.9. The van der Waals surface area contributed by atoms with Crippen LogP contribution in [-0.2, 0) is 19.6 Å². The maximum Gasteiger partial charge on any atom is 0.337 e. The van der Waals surface area contributed by atoms with Crippen LogP contribution >= 0.6 is 0 Å². The fraction of sp³-hybridized carbons (Fsp3) is 0.333. The largest absolute Gasteiger partial charge is 0.494 e. The molecular formula is C21H26N2O6S. The molecule has 0 unspecified atom stereocenters. The summed E-state index contributed by atoms with van der Waals surface area (Å²) in [4.78, 5) is 24.7. The molecule has 0 heterocycles. The van der Waals surface area contributed by atoms with Gasteiger partial charge in [0.05, 0.1) is 31.2 Å². The number of sulfonamides is 1. The summed E-state index contributed by atoms with van der Waals surface area (Å²) in [6.07, 6.45) is 1.04. The summed E-state index contributed by atoms with van der Waals surface area (Å²) in [5.74, 6) is -0.479. The number of carbonyl (C=O) groups is 2. The number of hydrogen-bond acceptors (Lipinski definition) is 6. The Balaban J connectivity index is 2.32. The average Bonchev–Trinajstić information content (AvgIpc) is 2.69. The van der Waals surface area contributed by atoms with Crippen molar-refractivity contribution in [2.24, 2.45) is 0 Å². The lowest BCUT2D eigenvalue weighted by Gasteiger charge is -2.28. The summed E-state index contributed by atoms with van der Waals surface area (Å²) >= 11 is 0. The van der Waals surface area contributed by atoms with Crippen molar-refractivity contribution >= 4 is 33.3 Å². The summed E-state index contributed by atoms with van der Waals surface area (Å²) in [6.45, 7) is 5.59. The number of amides is 1. The Morgan fingerprint density at radius 1 is 1.13 bits per heavy atom. The molecule has 2 rings (SSSR count). The van der Waals surface area contributed by atoms with Crippen molar-refractivity contribution in [1.29, 1.82) is 0 Å². The molecule has 8 nitrogen and oxygen atoms in total. The number of aryl methyl sites for hydroxylation is 1. The first-order chi connectivity index (χ1) is 14.1. The van der Waals surface area contributed by atoms with Crippen LogP contribution in [0.4, 0.5) is 11.4 Å². The van der Waals surface area contributed by atoms with E-state index in [-0.39, 0.29) is 5.56 Å². The van der Waals surface area contributed by atoms with Crippen LogP contribution in [0.1, 0.15) is 29.8 Å². The van der Waals surface area contributed by atoms with Gasteiger partial charge in [0.25, 0.3) is 0 Å². The minimum Gasteiger partial charge on any atom is -0.494 e. The van der Waals surface area contributed by atoms with Gasteiger partial charge in [0.2, 0.25) is 15.9 Å². The Kier molecular flexibility index (Phi) is 7.44. The van der Waals surface area contributed by atoms with Gasteiger partial charge < -0.3 is 14.8 Å². The van der Waals surface area contributed by atoms with E-state index in [9.17, 15) is 18.0 Å². The third-order valence-electron chi connectivity index (χ3n) is 4.41. The highest BCUT2D eigenvalue weighted by Crippen LogP contribution is 2.25. The van der Waals surface area contributed by atoms with Crippen LogP contribution in [0.3, 0.4) is 0 Å². The number of benzene rings is 2. The average molecular weight is 435 g/mol. The molecule has 0 saturated heterocycles. The van der Waals surface area contributed by atoms with Gasteiger partial charge >= 0.3 is 5.97 Å². The molecule has 0 aliphatic carbocycles. The second-order valence-electron chi connectivity index (χ2n) is 6.67. The van der Waals surface area contributed by atoms with Crippen LogP contribution < -0.4 is 14.4 Å². The van der Waals surface area contributed by atoms with E-state index in [1.54, 1.807) is 43.3 Å². The van der Waals surface area contributed by atoms with Crippen LogP contribution in [0.25, 0.3) is 0 Å². The molecule has 0 radical (unpaired) electrons. The van der Waals surface area contributed by atoms with Crippen molar-refractivity contribution in [2.45, 2.75) is 26.8 Å². The van der Waals surface area contributed by atoms with E-state index in [0.717, 1.165) is 16.1 Å². The standard InChI is InChI=1S/C21H26N2O6S/c1-6-29-18-11-9-17(10-12-18)23(30(5,26)27)15(3)20(24)22-19-13-16(21(25)28-4)8-7-14(19)2/h7-13,15H,6H2,1-5H3,(H,22,24)/t15-/m1/s1. The van der Waals surface area contributed by atoms with E-state index < -0.39 is 27.9 Å². The monoisotopic (exact) mass is 434 g/mol. The highest BCUT2D eigenvalue weighted by atomic mass is 32.2. The van der Waals surface area contributed by atoms with E-state index in [1.165, 1.54) is 20.1 Å². The lowest BCUT2D eigenvalue weighted by Crippen LogP contribution is -2.45. The molecule has 162 valence electrons. The fourth-order valence-corrected chi connectivity index (χ4v) is 4.08. The van der Waals surface area contributed by atoms with E-state index >= 15 is 0 Å². The molecular weight excluding hydrogens is 408 g/mol. The molecule has 2 aromatic carbocycles. The van der Waals surface area contributed by atoms with E-state index in [0.29, 0.717) is 23.7 Å². The quantitative estimate of drug-likeness (QED) is 0.641. The van der Waals surface area contributed by atoms with Crippen molar-refractivity contribution in [1.82, 2.24) is 0 Å². The molecule has 0 saturated carbocycles. The van der Waals surface area contributed by atoms with Crippen molar-refractivity contribution < 1.29 is 27.5 Å². The number of hydrogen-bond donors (Lipinski definition) is 1. The third-order valence-corrected chi connectivity index (χ3v) is 5.65. The predicted molar refractivity (Wildman–Crippen MR) is 116 cm³/mol. The number of nitrogens with zero attached hydrogens (tertiary/aromatic N) is 1. The number of ether oxygens (including phenoxy) is 2. The van der Waals surface area contributed by atoms with Crippen molar-refractivity contribution in [2.75, 3.05) is 29.6 Å². The Bertz CT molecular complexity index is 1020. The molecule has 0 spiro atoms. The smallest absolute Gasteiger partial charge is 0.337 e. The summed E-state index contributed by atoms with van der Waals surface area (Å²) < 4.78 is 36.0. The number of nitrogens with one attached hydrogen (secondary N) is 1. The first-order valence-corrected chi connectivity index (χ1v) is 11.2. The zero-order chi connectivity index (χ0) is 22.5. The first-order valence-electron chi connectivity index (χ1n) is 9.30. The highest BCUT2D eigenvalue weighted by molar-refractivity contribution is 7.92. The summed E-state index contributed by atoms with van der Waals surface area (Å²) in [5, 5.41) is 2.71. The molecule has 30 heavy (non-hydrogen) atoms. The molecule has 0 aliphatic heterocycles. The number of rotatable bonds is 8. The zero-order valence-electron chi connectivity index (χ0n) is 17.6. The van der Waals surface area contributed by atoms with Crippen molar-refractivity contribution in [3.63, 3.8) is 0 Å². The molecule has 1 amide bonds. The summed E-state index contributed by atoms with van der Waals surface area (Å²) in [7, 11) is -2.49. The van der Waals surface area contributed by atoms with Crippen LogP contribution in [0, 0.1) is 6.92 Å². The Hall–Kier alpha value is -3.07. The minimum absolute atomic E-state index is 0.275. The van der Waals surface area contributed by atoms with Gasteiger partial charge in [-0.05, 0) is 62.7 Å². The van der Waals surface area contributed by atoms with Crippen LogP contribution in [-0.4, -0.2) is 46.3 Å². The van der Waals surface area contributed by atoms with Gasteiger partial charge in [0.15, 0.2) is 0 Å². The Morgan fingerprint density at radius 2 is 1.77 bits per heavy atom. The van der Waals surface area contributed by atoms with Crippen LogP contribution in [0.15, 0.2) is 42.5 Å². The lowest BCUT2D eigenvalue weighted by molar-refractivity contribution is -0.116. The maximum atomic E-state index is 12.9. The van der Waals surface area contributed by atoms with Crippen molar-refractivity contribution in [3.05, 3.63) is 53.6 Å². The Morgan fingerprint density at radius 3 is 2.30 bits per heavy atom. The second-order valence-corrected chi connectivity index (χ2v) is 8.53. The zero-order valence-corrected chi connectivity index (χ0v) is 18.4. The topological polar surface area (TPSA) is 102 Å². The van der Waals surface area contributed by atoms with Gasteiger partial charge in [-0.3, -0.25) is 9.10 Å². The van der Waals surface area contributed by atoms with Crippen molar-refractivity contribution in [3.8, 4) is 5.75 Å². The predicted octanol–water partition coefficient (Wildman–Crippen LogP) is 2.97. The molecule has 9 heteroatoms. The molecule has 2 aromatic rings. The molecule has 0 aromatic heterocycles. The SMILES string of the molecule is CCOc1ccc(N([C@H](C)C(=O)Nc2cc(C(=O)OC)ccc2C)S(C)(=O)=O)cc1. The molecule has 0 aliphatic rings. The molecule has 1 atom stereocenters. The van der Waals surface area contributed by atoms with E-state index in [2.05, 4.69) is 5.32 Å². The van der Waals surface area contributed by atoms with Gasteiger partial charge in [-0.2, -0.15) is 0 Å². The number of anilines is 2. The van der Waals surface area contributed by atoms with E-state index in [1.807, 2.05) is 6.92 Å². The summed E-state index contributed by atoms with van der Waals surface area (Å²) in [5.41, 5.74) is 1.73. The Labute approximate surface area is 176 Å². The molecule has 0 bridgehead atoms. The normalized spacial score (nSPS) is 12.0. The van der Waals surface area contributed by atoms with Crippen LogP contribution in [0.2, 0.25) is 0 Å². The number of methoxy groups -OCH3 is 1. The third kappa shape index (κ3) is 5.50. The summed E-state index contributed by atoms with van der Waals surface area (Å²) in [6, 6.07) is 10.2. The van der Waals surface area contributed by atoms with Gasteiger partial charge in [0, 0.05) is 5.69 Å². The molecule has 1 N–H and O–H groups in total. The van der Waals surface area contributed by atoms with Gasteiger partial charge in [-0.25, -0.2) is 13.2 Å².